The predicted octanol–water partition coefficient (Wildman–Crippen LogP) is 3.33. The Bertz CT molecular complexity index is 970. The first-order valence-electron chi connectivity index (χ1n) is 9.91. The zero-order valence-corrected chi connectivity index (χ0v) is 17.6. The summed E-state index contributed by atoms with van der Waals surface area (Å²) < 4.78 is 12.8. The molecule has 1 aliphatic heterocycles. The lowest BCUT2D eigenvalue weighted by Gasteiger charge is -2.12. The van der Waals surface area contributed by atoms with Gasteiger partial charge in [-0.2, -0.15) is 0 Å². The molecule has 1 saturated heterocycles. The predicted molar refractivity (Wildman–Crippen MR) is 116 cm³/mol. The number of benzene rings is 2. The maximum atomic E-state index is 12.3. The quantitative estimate of drug-likeness (QED) is 0.559. The van der Waals surface area contributed by atoms with E-state index < -0.39 is 0 Å². The number of hydrogen-bond donors (Lipinski definition) is 1. The number of ether oxygens (including phenoxy) is 2. The molecule has 30 heavy (non-hydrogen) atoms. The summed E-state index contributed by atoms with van der Waals surface area (Å²) in [5.74, 6) is 1.72. The van der Waals surface area contributed by atoms with Crippen molar-refractivity contribution in [1.29, 1.82) is 0 Å². The zero-order chi connectivity index (χ0) is 20.8. The van der Waals surface area contributed by atoms with E-state index in [4.69, 9.17) is 9.47 Å². The normalized spacial score (nSPS) is 15.8. The summed E-state index contributed by atoms with van der Waals surface area (Å²) in [7, 11) is 1.64. The molecule has 0 saturated carbocycles. The number of methoxy groups -OCH3 is 1. The standard InChI is InChI=1S/C22H24N4O3S/c1-28-18-11-9-16(10-12-18)21-24-25-22(26(21)17-6-3-2-4-7-17)30-15-20(27)23-14-19-8-5-13-29-19/h2-4,6-7,9-12,19H,5,8,13-15H2,1H3,(H,23,27)/t19-/m0/s1. The number of carbonyl (C=O) groups is 1. The topological polar surface area (TPSA) is 78.3 Å². The van der Waals surface area contributed by atoms with Crippen LogP contribution in [0.4, 0.5) is 0 Å². The van der Waals surface area contributed by atoms with Crippen LogP contribution in [0.25, 0.3) is 17.1 Å². The van der Waals surface area contributed by atoms with Gasteiger partial charge in [0.2, 0.25) is 5.91 Å². The van der Waals surface area contributed by atoms with E-state index in [1.807, 2.05) is 59.2 Å². The van der Waals surface area contributed by atoms with Crippen molar-refractivity contribution in [3.05, 3.63) is 54.6 Å². The summed E-state index contributed by atoms with van der Waals surface area (Å²) >= 11 is 1.37. The highest BCUT2D eigenvalue weighted by Gasteiger charge is 2.19. The van der Waals surface area contributed by atoms with Crippen molar-refractivity contribution in [2.75, 3.05) is 26.0 Å². The van der Waals surface area contributed by atoms with Crippen LogP contribution in [-0.4, -0.2) is 52.8 Å². The van der Waals surface area contributed by atoms with Crippen LogP contribution in [0.5, 0.6) is 5.75 Å². The number of para-hydroxylation sites is 1. The van der Waals surface area contributed by atoms with Gasteiger partial charge in [-0.25, -0.2) is 0 Å². The molecule has 1 N–H and O–H groups in total. The SMILES string of the molecule is COc1ccc(-c2nnc(SCC(=O)NC[C@@H]3CCCO3)n2-c2ccccc2)cc1. The molecule has 156 valence electrons. The fourth-order valence-corrected chi connectivity index (χ4v) is 4.10. The fraction of sp³-hybridized carbons (Fsp3) is 0.318. The van der Waals surface area contributed by atoms with Crippen LogP contribution in [0, 0.1) is 0 Å². The average Bonchev–Trinajstić information content (AvgIpc) is 3.47. The highest BCUT2D eigenvalue weighted by atomic mass is 32.2. The number of aromatic nitrogens is 3. The molecule has 0 radical (unpaired) electrons. The monoisotopic (exact) mass is 424 g/mol. The molecule has 8 heteroatoms. The van der Waals surface area contributed by atoms with E-state index in [1.54, 1.807) is 7.11 Å². The van der Waals surface area contributed by atoms with Crippen LogP contribution < -0.4 is 10.1 Å². The van der Waals surface area contributed by atoms with Gasteiger partial charge in [0.15, 0.2) is 11.0 Å². The maximum absolute atomic E-state index is 12.3. The molecule has 0 unspecified atom stereocenters. The molecule has 7 nitrogen and oxygen atoms in total. The van der Waals surface area contributed by atoms with Crippen molar-refractivity contribution in [1.82, 2.24) is 20.1 Å². The highest BCUT2D eigenvalue weighted by Crippen LogP contribution is 2.28. The Morgan fingerprint density at radius 2 is 2.00 bits per heavy atom. The molecule has 1 aliphatic rings. The minimum atomic E-state index is -0.0379. The molecule has 3 aromatic rings. The third-order valence-corrected chi connectivity index (χ3v) is 5.81. The molecule has 1 fully saturated rings. The number of hydrogen-bond acceptors (Lipinski definition) is 6. The molecular formula is C22H24N4O3S. The van der Waals surface area contributed by atoms with Crippen molar-refractivity contribution in [2.45, 2.75) is 24.1 Å². The summed E-state index contributed by atoms with van der Waals surface area (Å²) in [4.78, 5) is 12.3. The third-order valence-electron chi connectivity index (χ3n) is 4.88. The Kier molecular flexibility index (Phi) is 6.66. The van der Waals surface area contributed by atoms with E-state index in [2.05, 4.69) is 15.5 Å². The van der Waals surface area contributed by atoms with E-state index in [1.165, 1.54) is 11.8 Å². The summed E-state index contributed by atoms with van der Waals surface area (Å²) in [6, 6.07) is 17.6. The molecule has 1 atom stereocenters. The van der Waals surface area contributed by atoms with Crippen molar-refractivity contribution in [2.24, 2.45) is 0 Å². The minimum Gasteiger partial charge on any atom is -0.497 e. The summed E-state index contributed by atoms with van der Waals surface area (Å²) in [6.45, 7) is 1.34. The summed E-state index contributed by atoms with van der Waals surface area (Å²) in [5, 5.41) is 12.4. The molecule has 0 spiro atoms. The first-order valence-corrected chi connectivity index (χ1v) is 10.9. The molecule has 0 bridgehead atoms. The first kappa shape index (κ1) is 20.4. The second-order valence-corrected chi connectivity index (χ2v) is 7.88. The second-order valence-electron chi connectivity index (χ2n) is 6.93. The van der Waals surface area contributed by atoms with Gasteiger partial charge in [0, 0.05) is 24.4 Å². The number of amides is 1. The van der Waals surface area contributed by atoms with Gasteiger partial charge < -0.3 is 14.8 Å². The highest BCUT2D eigenvalue weighted by molar-refractivity contribution is 7.99. The lowest BCUT2D eigenvalue weighted by molar-refractivity contribution is -0.119. The Balaban J connectivity index is 1.52. The van der Waals surface area contributed by atoms with Gasteiger partial charge >= 0.3 is 0 Å². The van der Waals surface area contributed by atoms with Crippen molar-refractivity contribution in [3.63, 3.8) is 0 Å². The van der Waals surface area contributed by atoms with Gasteiger partial charge in [-0.1, -0.05) is 30.0 Å². The Morgan fingerprint density at radius 1 is 1.20 bits per heavy atom. The van der Waals surface area contributed by atoms with Crippen LogP contribution in [-0.2, 0) is 9.53 Å². The minimum absolute atomic E-state index is 0.0379. The third kappa shape index (κ3) is 4.83. The van der Waals surface area contributed by atoms with E-state index >= 15 is 0 Å². The molecule has 0 aliphatic carbocycles. The van der Waals surface area contributed by atoms with Gasteiger partial charge in [0.05, 0.1) is 19.0 Å². The maximum Gasteiger partial charge on any atom is 0.230 e. The molecular weight excluding hydrogens is 400 g/mol. The second kappa shape index (κ2) is 9.77. The average molecular weight is 425 g/mol. The molecule has 2 heterocycles. The summed E-state index contributed by atoms with van der Waals surface area (Å²) in [6.07, 6.45) is 2.19. The van der Waals surface area contributed by atoms with E-state index in [0.717, 1.165) is 36.4 Å². The van der Waals surface area contributed by atoms with E-state index in [0.29, 0.717) is 17.5 Å². The van der Waals surface area contributed by atoms with E-state index in [-0.39, 0.29) is 17.8 Å². The first-order chi connectivity index (χ1) is 14.7. The number of thioether (sulfide) groups is 1. The van der Waals surface area contributed by atoms with E-state index in [9.17, 15) is 4.79 Å². The van der Waals surface area contributed by atoms with Gasteiger partial charge in [-0.15, -0.1) is 10.2 Å². The molecule has 1 amide bonds. The number of rotatable bonds is 8. The van der Waals surface area contributed by atoms with Crippen LogP contribution in [0.15, 0.2) is 59.8 Å². The Labute approximate surface area is 179 Å². The lowest BCUT2D eigenvalue weighted by Crippen LogP contribution is -2.32. The van der Waals surface area contributed by atoms with Crippen molar-refractivity contribution >= 4 is 17.7 Å². The Morgan fingerprint density at radius 3 is 2.70 bits per heavy atom. The Hall–Kier alpha value is -2.84. The number of carbonyl (C=O) groups excluding carboxylic acids is 1. The van der Waals surface area contributed by atoms with Crippen molar-refractivity contribution < 1.29 is 14.3 Å². The van der Waals surface area contributed by atoms with Gasteiger partial charge in [-0.3, -0.25) is 9.36 Å². The smallest absolute Gasteiger partial charge is 0.230 e. The van der Waals surface area contributed by atoms with Crippen LogP contribution >= 0.6 is 11.8 Å². The van der Waals surface area contributed by atoms with Crippen LogP contribution in [0.2, 0.25) is 0 Å². The lowest BCUT2D eigenvalue weighted by atomic mass is 10.2. The fourth-order valence-electron chi connectivity index (χ4n) is 3.31. The summed E-state index contributed by atoms with van der Waals surface area (Å²) in [5.41, 5.74) is 1.86. The zero-order valence-electron chi connectivity index (χ0n) is 16.8. The molecule has 4 rings (SSSR count). The van der Waals surface area contributed by atoms with Crippen LogP contribution in [0.3, 0.4) is 0 Å². The van der Waals surface area contributed by atoms with Gasteiger partial charge in [-0.05, 0) is 49.2 Å². The van der Waals surface area contributed by atoms with Gasteiger partial charge in [0.25, 0.3) is 0 Å². The number of nitrogens with one attached hydrogen (secondary N) is 1. The van der Waals surface area contributed by atoms with Crippen LogP contribution in [0.1, 0.15) is 12.8 Å². The van der Waals surface area contributed by atoms with Gasteiger partial charge in [0.1, 0.15) is 5.75 Å². The number of nitrogens with zero attached hydrogens (tertiary/aromatic N) is 3. The molecule has 2 aromatic carbocycles. The van der Waals surface area contributed by atoms with Crippen molar-refractivity contribution in [3.8, 4) is 22.8 Å². The largest absolute Gasteiger partial charge is 0.497 e. The molecule has 1 aromatic heterocycles.